The fourth-order valence-corrected chi connectivity index (χ4v) is 0.833. The molecule has 5 nitrogen and oxygen atoms in total. The number of hydrogen-bond acceptors (Lipinski definition) is 4. The number of anilines is 1. The molecule has 0 saturated carbocycles. The highest BCUT2D eigenvalue weighted by Gasteiger charge is 2.11. The van der Waals surface area contributed by atoms with Crippen molar-refractivity contribution in [2.24, 2.45) is 0 Å². The highest BCUT2D eigenvalue weighted by molar-refractivity contribution is 5.85. The molecule has 6 heteroatoms. The zero-order chi connectivity index (χ0) is 9.14. The van der Waals surface area contributed by atoms with Crippen molar-refractivity contribution in [2.45, 2.75) is 0 Å². The number of nitrogens with one attached hydrogen (secondary N) is 1. The van der Waals surface area contributed by atoms with Crippen molar-refractivity contribution in [1.29, 1.82) is 0 Å². The van der Waals surface area contributed by atoms with Crippen molar-refractivity contribution in [2.75, 3.05) is 12.4 Å². The number of nitro groups is 1. The second kappa shape index (κ2) is 4.51. The van der Waals surface area contributed by atoms with E-state index in [9.17, 15) is 10.1 Å². The molecular formula is C7H9ClN2O3. The van der Waals surface area contributed by atoms with Crippen LogP contribution in [0.4, 0.5) is 11.4 Å². The SMILES string of the molecule is CNc1ccc([N+](=O)[O-])c(O)c1.Cl. The molecule has 0 spiro atoms. The number of aromatic hydroxyl groups is 1. The van der Waals surface area contributed by atoms with Gasteiger partial charge in [-0.3, -0.25) is 10.1 Å². The van der Waals surface area contributed by atoms with Gasteiger partial charge in [0.1, 0.15) is 0 Å². The minimum absolute atomic E-state index is 0. The number of halogens is 1. The van der Waals surface area contributed by atoms with Gasteiger partial charge in [-0.05, 0) is 6.07 Å². The molecule has 0 aliphatic carbocycles. The summed E-state index contributed by atoms with van der Waals surface area (Å²) in [6, 6.07) is 4.08. The van der Waals surface area contributed by atoms with Crippen molar-refractivity contribution in [3.8, 4) is 5.75 Å². The van der Waals surface area contributed by atoms with E-state index in [4.69, 9.17) is 5.11 Å². The lowest BCUT2D eigenvalue weighted by atomic mass is 10.2. The molecule has 72 valence electrons. The number of phenols is 1. The Morgan fingerprint density at radius 1 is 1.54 bits per heavy atom. The van der Waals surface area contributed by atoms with Crippen LogP contribution in [0.2, 0.25) is 0 Å². The first kappa shape index (κ1) is 11.5. The van der Waals surface area contributed by atoms with Gasteiger partial charge < -0.3 is 10.4 Å². The summed E-state index contributed by atoms with van der Waals surface area (Å²) in [4.78, 5) is 9.62. The van der Waals surface area contributed by atoms with Gasteiger partial charge in [-0.25, -0.2) is 0 Å². The van der Waals surface area contributed by atoms with E-state index in [1.807, 2.05) is 0 Å². The summed E-state index contributed by atoms with van der Waals surface area (Å²) >= 11 is 0. The van der Waals surface area contributed by atoms with Gasteiger partial charge in [0.2, 0.25) is 0 Å². The molecule has 0 bridgehead atoms. The molecule has 0 atom stereocenters. The van der Waals surface area contributed by atoms with Gasteiger partial charge in [0.05, 0.1) is 4.92 Å². The molecular weight excluding hydrogens is 196 g/mol. The summed E-state index contributed by atoms with van der Waals surface area (Å²) in [5, 5.41) is 22.1. The predicted molar refractivity (Wildman–Crippen MR) is 51.6 cm³/mol. The normalized spacial score (nSPS) is 8.69. The zero-order valence-corrected chi connectivity index (χ0v) is 7.67. The van der Waals surface area contributed by atoms with Gasteiger partial charge in [0.15, 0.2) is 5.75 Å². The Morgan fingerprint density at radius 3 is 2.54 bits per heavy atom. The van der Waals surface area contributed by atoms with Crippen LogP contribution in [0, 0.1) is 10.1 Å². The van der Waals surface area contributed by atoms with Crippen LogP contribution in [0.3, 0.4) is 0 Å². The van der Waals surface area contributed by atoms with Crippen LogP contribution in [-0.4, -0.2) is 17.1 Å². The van der Waals surface area contributed by atoms with Crippen LogP contribution in [0.15, 0.2) is 18.2 Å². The van der Waals surface area contributed by atoms with Crippen molar-refractivity contribution >= 4 is 23.8 Å². The first-order valence-corrected chi connectivity index (χ1v) is 3.30. The van der Waals surface area contributed by atoms with Gasteiger partial charge in [-0.15, -0.1) is 12.4 Å². The van der Waals surface area contributed by atoms with E-state index in [2.05, 4.69) is 5.32 Å². The summed E-state index contributed by atoms with van der Waals surface area (Å²) in [7, 11) is 1.67. The number of benzene rings is 1. The Kier molecular flexibility index (Phi) is 4.00. The molecule has 0 heterocycles. The van der Waals surface area contributed by atoms with Crippen LogP contribution in [0.5, 0.6) is 5.75 Å². The molecule has 0 radical (unpaired) electrons. The molecule has 0 aliphatic rings. The molecule has 0 aliphatic heterocycles. The average molecular weight is 205 g/mol. The van der Waals surface area contributed by atoms with Crippen molar-refractivity contribution in [1.82, 2.24) is 0 Å². The Hall–Kier alpha value is -1.49. The van der Waals surface area contributed by atoms with Gasteiger partial charge in [-0.2, -0.15) is 0 Å². The van der Waals surface area contributed by atoms with Crippen LogP contribution in [0.25, 0.3) is 0 Å². The zero-order valence-electron chi connectivity index (χ0n) is 6.85. The molecule has 1 rings (SSSR count). The van der Waals surface area contributed by atoms with Crippen molar-refractivity contribution < 1.29 is 10.0 Å². The summed E-state index contributed by atoms with van der Waals surface area (Å²) in [5.74, 6) is -0.327. The summed E-state index contributed by atoms with van der Waals surface area (Å²) in [6.07, 6.45) is 0. The predicted octanol–water partition coefficient (Wildman–Crippen LogP) is 1.76. The van der Waals surface area contributed by atoms with Crippen LogP contribution >= 0.6 is 12.4 Å². The third-order valence-electron chi connectivity index (χ3n) is 1.46. The summed E-state index contributed by atoms with van der Waals surface area (Å²) in [5.41, 5.74) is 0.354. The third kappa shape index (κ3) is 2.48. The lowest BCUT2D eigenvalue weighted by Crippen LogP contribution is -1.91. The molecule has 2 N–H and O–H groups in total. The number of rotatable bonds is 2. The van der Waals surface area contributed by atoms with Crippen molar-refractivity contribution in [3.63, 3.8) is 0 Å². The van der Waals surface area contributed by atoms with E-state index in [0.717, 1.165) is 0 Å². The first-order chi connectivity index (χ1) is 5.65. The molecule has 13 heavy (non-hydrogen) atoms. The molecule has 1 aromatic carbocycles. The van der Waals surface area contributed by atoms with E-state index < -0.39 is 4.92 Å². The van der Waals surface area contributed by atoms with Crippen LogP contribution in [0.1, 0.15) is 0 Å². The minimum Gasteiger partial charge on any atom is -0.502 e. The Bertz CT molecular complexity index is 317. The Morgan fingerprint density at radius 2 is 2.15 bits per heavy atom. The van der Waals surface area contributed by atoms with Gasteiger partial charge >= 0.3 is 5.69 Å². The number of hydrogen-bond donors (Lipinski definition) is 2. The minimum atomic E-state index is -0.630. The van der Waals surface area contributed by atoms with E-state index in [1.165, 1.54) is 18.2 Å². The smallest absolute Gasteiger partial charge is 0.310 e. The quantitative estimate of drug-likeness (QED) is 0.569. The molecule has 0 amide bonds. The van der Waals surface area contributed by atoms with Crippen LogP contribution < -0.4 is 5.32 Å². The van der Waals surface area contributed by atoms with Gasteiger partial charge in [-0.1, -0.05) is 0 Å². The van der Waals surface area contributed by atoms with Crippen molar-refractivity contribution in [3.05, 3.63) is 28.3 Å². The first-order valence-electron chi connectivity index (χ1n) is 3.30. The third-order valence-corrected chi connectivity index (χ3v) is 1.46. The maximum Gasteiger partial charge on any atom is 0.310 e. The summed E-state index contributed by atoms with van der Waals surface area (Å²) in [6.45, 7) is 0. The summed E-state index contributed by atoms with van der Waals surface area (Å²) < 4.78 is 0. The highest BCUT2D eigenvalue weighted by atomic mass is 35.5. The highest BCUT2D eigenvalue weighted by Crippen LogP contribution is 2.27. The van der Waals surface area contributed by atoms with E-state index in [0.29, 0.717) is 5.69 Å². The maximum absolute atomic E-state index is 10.2. The lowest BCUT2D eigenvalue weighted by molar-refractivity contribution is -0.385. The average Bonchev–Trinajstić information content (AvgIpc) is 2.03. The fourth-order valence-electron chi connectivity index (χ4n) is 0.833. The fraction of sp³-hybridized carbons (Fsp3) is 0.143. The molecule has 0 unspecified atom stereocenters. The second-order valence-corrected chi connectivity index (χ2v) is 2.21. The number of phenolic OH excluding ortho intramolecular Hbond substituents is 1. The Balaban J connectivity index is 0.00000144. The molecule has 1 aromatic rings. The lowest BCUT2D eigenvalue weighted by Gasteiger charge is -2.00. The number of nitro benzene ring substituents is 1. The molecule has 0 aromatic heterocycles. The monoisotopic (exact) mass is 204 g/mol. The van der Waals surface area contributed by atoms with Gasteiger partial charge in [0.25, 0.3) is 0 Å². The van der Waals surface area contributed by atoms with E-state index in [1.54, 1.807) is 7.05 Å². The largest absolute Gasteiger partial charge is 0.502 e. The topological polar surface area (TPSA) is 75.4 Å². The Labute approximate surface area is 80.9 Å². The van der Waals surface area contributed by atoms with Gasteiger partial charge in [0, 0.05) is 24.9 Å². The van der Waals surface area contributed by atoms with E-state index >= 15 is 0 Å². The maximum atomic E-state index is 10.2. The standard InChI is InChI=1S/C7H8N2O3.ClH/c1-8-5-2-3-6(9(11)12)7(10)4-5;/h2-4,8,10H,1H3;1H. The number of nitrogens with zero attached hydrogens (tertiary/aromatic N) is 1. The molecule has 0 fully saturated rings. The van der Waals surface area contributed by atoms with E-state index in [-0.39, 0.29) is 23.8 Å². The second-order valence-electron chi connectivity index (χ2n) is 2.21. The van der Waals surface area contributed by atoms with Crippen LogP contribution in [-0.2, 0) is 0 Å². The molecule has 0 saturated heterocycles.